The summed E-state index contributed by atoms with van der Waals surface area (Å²) in [5, 5.41) is 11.5. The van der Waals surface area contributed by atoms with E-state index in [0.29, 0.717) is 12.8 Å². The van der Waals surface area contributed by atoms with E-state index < -0.39 is 12.0 Å². The van der Waals surface area contributed by atoms with E-state index in [1.807, 2.05) is 31.2 Å². The third-order valence-corrected chi connectivity index (χ3v) is 3.62. The Morgan fingerprint density at radius 1 is 1.45 bits per heavy atom. The molecule has 0 aromatic heterocycles. The molecule has 1 aromatic rings. The molecule has 0 aliphatic rings. The van der Waals surface area contributed by atoms with Crippen LogP contribution in [0.4, 0.5) is 0 Å². The fourth-order valence-electron chi connectivity index (χ4n) is 1.62. The van der Waals surface area contributed by atoms with Gasteiger partial charge in [-0.3, -0.25) is 4.79 Å². The molecule has 20 heavy (non-hydrogen) atoms. The van der Waals surface area contributed by atoms with E-state index in [0.717, 1.165) is 10.6 Å². The van der Waals surface area contributed by atoms with Crippen molar-refractivity contribution < 1.29 is 19.4 Å². The van der Waals surface area contributed by atoms with Crippen molar-refractivity contribution in [1.29, 1.82) is 0 Å². The summed E-state index contributed by atoms with van der Waals surface area (Å²) in [5.41, 5.74) is 0. The molecule has 1 unspecified atom stereocenters. The Morgan fingerprint density at radius 3 is 2.80 bits per heavy atom. The van der Waals surface area contributed by atoms with Crippen molar-refractivity contribution in [1.82, 2.24) is 5.32 Å². The van der Waals surface area contributed by atoms with Gasteiger partial charge in [0.25, 0.3) is 0 Å². The Morgan fingerprint density at radius 2 is 2.20 bits per heavy atom. The van der Waals surface area contributed by atoms with Crippen molar-refractivity contribution in [3.05, 3.63) is 24.3 Å². The van der Waals surface area contributed by atoms with Gasteiger partial charge in [0.2, 0.25) is 5.91 Å². The second kappa shape index (κ2) is 8.47. The summed E-state index contributed by atoms with van der Waals surface area (Å²) in [7, 11) is 1.58. The summed E-state index contributed by atoms with van der Waals surface area (Å²) in [6.45, 7) is 1.88. The van der Waals surface area contributed by atoms with Crippen LogP contribution < -0.4 is 10.1 Å². The maximum Gasteiger partial charge on any atom is 0.326 e. The minimum absolute atomic E-state index is 0.181. The number of carboxylic acid groups (broad SMARTS) is 1. The van der Waals surface area contributed by atoms with Crippen LogP contribution in [-0.4, -0.2) is 35.9 Å². The molecule has 1 atom stereocenters. The number of rotatable bonds is 8. The van der Waals surface area contributed by atoms with Crippen LogP contribution in [0.25, 0.3) is 0 Å². The van der Waals surface area contributed by atoms with E-state index in [1.54, 1.807) is 7.11 Å². The number of hydrogen-bond donors (Lipinski definition) is 2. The highest BCUT2D eigenvalue weighted by molar-refractivity contribution is 8.00. The van der Waals surface area contributed by atoms with Gasteiger partial charge in [0.05, 0.1) is 12.9 Å². The van der Waals surface area contributed by atoms with Crippen LogP contribution in [0.2, 0.25) is 0 Å². The highest BCUT2D eigenvalue weighted by Crippen LogP contribution is 2.22. The molecule has 0 bridgehead atoms. The minimum Gasteiger partial charge on any atom is -0.497 e. The van der Waals surface area contributed by atoms with Gasteiger partial charge in [-0.25, -0.2) is 4.79 Å². The lowest BCUT2D eigenvalue weighted by Crippen LogP contribution is -2.41. The summed E-state index contributed by atoms with van der Waals surface area (Å²) in [5.74, 6) is -0.365. The Bertz CT molecular complexity index is 464. The Kier molecular flexibility index (Phi) is 6.93. The zero-order valence-corrected chi connectivity index (χ0v) is 12.4. The minimum atomic E-state index is -0.994. The number of carbonyl (C=O) groups is 2. The van der Waals surface area contributed by atoms with Crippen molar-refractivity contribution in [2.75, 3.05) is 12.9 Å². The molecule has 110 valence electrons. The van der Waals surface area contributed by atoms with Crippen molar-refractivity contribution in [3.63, 3.8) is 0 Å². The third kappa shape index (κ3) is 5.52. The average molecular weight is 297 g/mol. The molecule has 5 nitrogen and oxygen atoms in total. The van der Waals surface area contributed by atoms with Gasteiger partial charge in [-0.1, -0.05) is 19.4 Å². The fraction of sp³-hybridized carbons (Fsp3) is 0.429. The van der Waals surface area contributed by atoms with E-state index in [4.69, 9.17) is 9.84 Å². The van der Waals surface area contributed by atoms with Crippen LogP contribution >= 0.6 is 11.8 Å². The van der Waals surface area contributed by atoms with Crippen molar-refractivity contribution in [2.45, 2.75) is 30.7 Å². The number of nitrogens with one attached hydrogen (secondary N) is 1. The van der Waals surface area contributed by atoms with Gasteiger partial charge < -0.3 is 15.2 Å². The number of carboxylic acids is 1. The SMILES string of the molecule is CCCC(NC(=O)CSc1cccc(OC)c1)C(=O)O. The zero-order valence-electron chi connectivity index (χ0n) is 11.6. The normalized spacial score (nSPS) is 11.7. The maximum atomic E-state index is 11.7. The quantitative estimate of drug-likeness (QED) is 0.719. The summed E-state index contributed by atoms with van der Waals surface area (Å²) in [4.78, 5) is 23.6. The Balaban J connectivity index is 2.47. The van der Waals surface area contributed by atoms with Gasteiger partial charge >= 0.3 is 5.97 Å². The van der Waals surface area contributed by atoms with E-state index in [9.17, 15) is 9.59 Å². The van der Waals surface area contributed by atoms with Crippen molar-refractivity contribution >= 4 is 23.6 Å². The van der Waals surface area contributed by atoms with E-state index >= 15 is 0 Å². The van der Waals surface area contributed by atoms with Gasteiger partial charge in [-0.05, 0) is 24.6 Å². The molecule has 0 fully saturated rings. The first-order valence-electron chi connectivity index (χ1n) is 6.35. The van der Waals surface area contributed by atoms with Crippen LogP contribution in [0.1, 0.15) is 19.8 Å². The topological polar surface area (TPSA) is 75.6 Å². The highest BCUT2D eigenvalue weighted by Gasteiger charge is 2.18. The van der Waals surface area contributed by atoms with Crippen molar-refractivity contribution in [3.8, 4) is 5.75 Å². The molecule has 0 radical (unpaired) electrons. The molecule has 1 aromatic carbocycles. The van der Waals surface area contributed by atoms with Crippen LogP contribution in [0.5, 0.6) is 5.75 Å². The number of methoxy groups -OCH3 is 1. The second-order valence-corrected chi connectivity index (χ2v) is 5.26. The van der Waals surface area contributed by atoms with Gasteiger partial charge in [0.15, 0.2) is 0 Å². The molecule has 2 N–H and O–H groups in total. The number of benzene rings is 1. The molecule has 0 saturated heterocycles. The van der Waals surface area contributed by atoms with Crippen LogP contribution in [-0.2, 0) is 9.59 Å². The molecule has 0 spiro atoms. The number of thioether (sulfide) groups is 1. The lowest BCUT2D eigenvalue weighted by molar-refractivity contribution is -0.141. The van der Waals surface area contributed by atoms with E-state index in [-0.39, 0.29) is 11.7 Å². The standard InChI is InChI=1S/C14H19NO4S/c1-3-5-12(14(17)18)15-13(16)9-20-11-7-4-6-10(8-11)19-2/h4,6-8,12H,3,5,9H2,1-2H3,(H,15,16)(H,17,18). The number of carbonyl (C=O) groups excluding carboxylic acids is 1. The lowest BCUT2D eigenvalue weighted by atomic mass is 10.2. The third-order valence-electron chi connectivity index (χ3n) is 2.62. The highest BCUT2D eigenvalue weighted by atomic mass is 32.2. The van der Waals surface area contributed by atoms with E-state index in [1.165, 1.54) is 11.8 Å². The van der Waals surface area contributed by atoms with Crippen LogP contribution in [0.3, 0.4) is 0 Å². The molecule has 0 heterocycles. The van der Waals surface area contributed by atoms with E-state index in [2.05, 4.69) is 5.32 Å². The lowest BCUT2D eigenvalue weighted by Gasteiger charge is -2.13. The second-order valence-electron chi connectivity index (χ2n) is 4.21. The number of amides is 1. The maximum absolute atomic E-state index is 11.7. The molecule has 0 saturated carbocycles. The number of aliphatic carboxylic acids is 1. The predicted molar refractivity (Wildman–Crippen MR) is 78.2 cm³/mol. The molecule has 0 aliphatic carbocycles. The molecule has 1 amide bonds. The Labute approximate surface area is 122 Å². The predicted octanol–water partition coefficient (Wildman–Crippen LogP) is 2.16. The smallest absolute Gasteiger partial charge is 0.326 e. The summed E-state index contributed by atoms with van der Waals surface area (Å²) < 4.78 is 5.10. The number of ether oxygens (including phenoxy) is 1. The first kappa shape index (κ1) is 16.4. The first-order valence-corrected chi connectivity index (χ1v) is 7.34. The van der Waals surface area contributed by atoms with Gasteiger partial charge in [-0.15, -0.1) is 11.8 Å². The molecule has 6 heteroatoms. The van der Waals surface area contributed by atoms with Crippen LogP contribution in [0, 0.1) is 0 Å². The zero-order chi connectivity index (χ0) is 15.0. The van der Waals surface area contributed by atoms with Gasteiger partial charge in [0.1, 0.15) is 11.8 Å². The van der Waals surface area contributed by atoms with Gasteiger partial charge in [0, 0.05) is 4.90 Å². The average Bonchev–Trinajstić information content (AvgIpc) is 2.44. The molecule has 0 aliphatic heterocycles. The fourth-order valence-corrected chi connectivity index (χ4v) is 2.38. The summed E-state index contributed by atoms with van der Waals surface area (Å²) in [6.07, 6.45) is 1.14. The number of hydrogen-bond acceptors (Lipinski definition) is 4. The van der Waals surface area contributed by atoms with Crippen LogP contribution in [0.15, 0.2) is 29.2 Å². The summed E-state index contributed by atoms with van der Waals surface area (Å²) >= 11 is 1.34. The monoisotopic (exact) mass is 297 g/mol. The van der Waals surface area contributed by atoms with Crippen molar-refractivity contribution in [2.24, 2.45) is 0 Å². The Hall–Kier alpha value is -1.69. The molecular formula is C14H19NO4S. The van der Waals surface area contributed by atoms with Gasteiger partial charge in [-0.2, -0.15) is 0 Å². The molecular weight excluding hydrogens is 278 g/mol. The summed E-state index contributed by atoms with van der Waals surface area (Å²) in [6, 6.07) is 6.57. The largest absolute Gasteiger partial charge is 0.497 e. The first-order chi connectivity index (χ1) is 9.56. The molecule has 1 rings (SSSR count).